The van der Waals surface area contributed by atoms with Gasteiger partial charge in [0.05, 0.1) is 13.0 Å². The number of Topliss-reactive ketones (excluding diaryl/α,β-unsaturated/α-hetero) is 1. The van der Waals surface area contributed by atoms with Gasteiger partial charge in [-0.05, 0) is 36.5 Å². The van der Waals surface area contributed by atoms with E-state index < -0.39 is 0 Å². The molecule has 0 radical (unpaired) electrons. The van der Waals surface area contributed by atoms with Crippen LogP contribution in [-0.4, -0.2) is 18.9 Å². The molecule has 0 heterocycles. The zero-order chi connectivity index (χ0) is 15.8. The average Bonchev–Trinajstić information content (AvgIpc) is 2.44. The van der Waals surface area contributed by atoms with Crippen molar-refractivity contribution in [2.75, 3.05) is 7.11 Å². The monoisotopic (exact) mass is 354 g/mol. The van der Waals surface area contributed by atoms with Crippen molar-refractivity contribution in [2.45, 2.75) is 39.5 Å². The molecule has 1 rings (SSSR count). The van der Waals surface area contributed by atoms with Gasteiger partial charge in [-0.25, -0.2) is 0 Å². The predicted octanol–water partition coefficient (Wildman–Crippen LogP) is 4.18. The molecule has 0 aliphatic rings. The molecular formula is C17H23BrO3. The molecule has 1 atom stereocenters. The van der Waals surface area contributed by atoms with Crippen molar-refractivity contribution in [1.82, 2.24) is 0 Å². The number of esters is 1. The SMILES string of the molecule is COC(=O)C(CCC(=O)Cc1ccc(Br)cc1)CC(C)C. The van der Waals surface area contributed by atoms with E-state index in [-0.39, 0.29) is 17.7 Å². The highest BCUT2D eigenvalue weighted by Crippen LogP contribution is 2.20. The average molecular weight is 355 g/mol. The lowest BCUT2D eigenvalue weighted by Gasteiger charge is -2.16. The lowest BCUT2D eigenvalue weighted by molar-refractivity contribution is -0.146. The van der Waals surface area contributed by atoms with Crippen LogP contribution < -0.4 is 0 Å². The molecule has 1 aromatic rings. The minimum absolute atomic E-state index is 0.162. The maximum Gasteiger partial charge on any atom is 0.308 e. The summed E-state index contributed by atoms with van der Waals surface area (Å²) in [6.07, 6.45) is 2.17. The zero-order valence-electron chi connectivity index (χ0n) is 12.9. The molecule has 0 saturated heterocycles. The molecule has 1 aromatic carbocycles. The van der Waals surface area contributed by atoms with Crippen molar-refractivity contribution in [3.63, 3.8) is 0 Å². The van der Waals surface area contributed by atoms with Crippen LogP contribution >= 0.6 is 15.9 Å². The van der Waals surface area contributed by atoms with Crippen molar-refractivity contribution < 1.29 is 14.3 Å². The lowest BCUT2D eigenvalue weighted by atomic mass is 9.91. The summed E-state index contributed by atoms with van der Waals surface area (Å²) in [5, 5.41) is 0. The van der Waals surface area contributed by atoms with E-state index in [0.29, 0.717) is 25.2 Å². The molecule has 0 aromatic heterocycles. The fourth-order valence-electron chi connectivity index (χ4n) is 2.32. The highest BCUT2D eigenvalue weighted by molar-refractivity contribution is 9.10. The van der Waals surface area contributed by atoms with Crippen LogP contribution in [0.25, 0.3) is 0 Å². The van der Waals surface area contributed by atoms with Gasteiger partial charge in [0.1, 0.15) is 5.78 Å². The topological polar surface area (TPSA) is 43.4 Å². The van der Waals surface area contributed by atoms with Gasteiger partial charge in [0.2, 0.25) is 0 Å². The molecule has 4 heteroatoms. The number of ketones is 1. The van der Waals surface area contributed by atoms with Crippen LogP contribution in [0.4, 0.5) is 0 Å². The molecular weight excluding hydrogens is 332 g/mol. The van der Waals surface area contributed by atoms with Crippen LogP contribution in [-0.2, 0) is 20.7 Å². The molecule has 21 heavy (non-hydrogen) atoms. The minimum Gasteiger partial charge on any atom is -0.469 e. The van der Waals surface area contributed by atoms with Crippen LogP contribution in [0.15, 0.2) is 28.7 Å². The van der Waals surface area contributed by atoms with Crippen LogP contribution in [0.5, 0.6) is 0 Å². The van der Waals surface area contributed by atoms with Gasteiger partial charge in [-0.1, -0.05) is 41.9 Å². The Morgan fingerprint density at radius 3 is 2.33 bits per heavy atom. The van der Waals surface area contributed by atoms with Gasteiger partial charge in [0, 0.05) is 17.3 Å². The van der Waals surface area contributed by atoms with E-state index in [1.165, 1.54) is 7.11 Å². The first-order valence-electron chi connectivity index (χ1n) is 7.26. The lowest BCUT2D eigenvalue weighted by Crippen LogP contribution is -2.19. The summed E-state index contributed by atoms with van der Waals surface area (Å²) in [5.41, 5.74) is 1.00. The van der Waals surface area contributed by atoms with Gasteiger partial charge in [-0.3, -0.25) is 9.59 Å². The smallest absolute Gasteiger partial charge is 0.308 e. The Labute approximate surface area is 135 Å². The molecule has 0 fully saturated rings. The molecule has 116 valence electrons. The summed E-state index contributed by atoms with van der Waals surface area (Å²) >= 11 is 3.37. The van der Waals surface area contributed by atoms with Crippen LogP contribution in [0, 0.1) is 11.8 Å². The van der Waals surface area contributed by atoms with E-state index in [9.17, 15) is 9.59 Å². The second-order valence-electron chi connectivity index (χ2n) is 5.73. The second kappa shape index (κ2) is 8.98. The maximum atomic E-state index is 12.0. The van der Waals surface area contributed by atoms with Gasteiger partial charge in [-0.2, -0.15) is 0 Å². The fraction of sp³-hybridized carbons (Fsp3) is 0.529. The highest BCUT2D eigenvalue weighted by Gasteiger charge is 2.21. The first-order chi connectivity index (χ1) is 9.92. The van der Waals surface area contributed by atoms with Gasteiger partial charge in [0.25, 0.3) is 0 Å². The van der Waals surface area contributed by atoms with E-state index in [2.05, 4.69) is 29.8 Å². The number of carbonyl (C=O) groups is 2. The third kappa shape index (κ3) is 6.89. The standard InChI is InChI=1S/C17H23BrO3/c1-12(2)10-14(17(20)21-3)6-9-16(19)11-13-4-7-15(18)8-5-13/h4-5,7-8,12,14H,6,9-11H2,1-3H3. The molecule has 0 aliphatic carbocycles. The third-order valence-electron chi connectivity index (χ3n) is 3.38. The number of benzene rings is 1. The molecule has 3 nitrogen and oxygen atoms in total. The molecule has 0 amide bonds. The number of ether oxygens (including phenoxy) is 1. The Morgan fingerprint density at radius 2 is 1.81 bits per heavy atom. The molecule has 0 saturated carbocycles. The predicted molar refractivity (Wildman–Crippen MR) is 87.0 cm³/mol. The summed E-state index contributed by atoms with van der Waals surface area (Å²) in [5.74, 6) is 0.190. The molecule has 0 spiro atoms. The quantitative estimate of drug-likeness (QED) is 0.657. The van der Waals surface area contributed by atoms with Crippen LogP contribution in [0.3, 0.4) is 0 Å². The summed E-state index contributed by atoms with van der Waals surface area (Å²) in [7, 11) is 1.40. The number of methoxy groups -OCH3 is 1. The van der Waals surface area contributed by atoms with Gasteiger partial charge in [0.15, 0.2) is 0 Å². The summed E-state index contributed by atoms with van der Waals surface area (Å²) in [6, 6.07) is 7.74. The normalized spacial score (nSPS) is 12.2. The second-order valence-corrected chi connectivity index (χ2v) is 6.65. The zero-order valence-corrected chi connectivity index (χ0v) is 14.5. The van der Waals surface area contributed by atoms with E-state index in [1.54, 1.807) is 0 Å². The van der Waals surface area contributed by atoms with Crippen molar-refractivity contribution in [3.05, 3.63) is 34.3 Å². The summed E-state index contributed by atoms with van der Waals surface area (Å²) in [6.45, 7) is 4.14. The number of carbonyl (C=O) groups excluding carboxylic acids is 2. The van der Waals surface area contributed by atoms with Crippen LogP contribution in [0.2, 0.25) is 0 Å². The third-order valence-corrected chi connectivity index (χ3v) is 3.91. The molecule has 0 aliphatic heterocycles. The minimum atomic E-state index is -0.208. The van der Waals surface area contributed by atoms with Gasteiger partial charge >= 0.3 is 5.97 Å². The summed E-state index contributed by atoms with van der Waals surface area (Å²) < 4.78 is 5.82. The number of halogens is 1. The largest absolute Gasteiger partial charge is 0.469 e. The molecule has 1 unspecified atom stereocenters. The number of hydrogen-bond acceptors (Lipinski definition) is 3. The Hall–Kier alpha value is -1.16. The Kier molecular flexibility index (Phi) is 7.65. The van der Waals surface area contributed by atoms with E-state index in [0.717, 1.165) is 16.5 Å². The summed E-state index contributed by atoms with van der Waals surface area (Å²) in [4.78, 5) is 23.8. The number of hydrogen-bond donors (Lipinski definition) is 0. The number of rotatable bonds is 8. The molecule has 0 N–H and O–H groups in total. The Balaban J connectivity index is 2.49. The Morgan fingerprint density at radius 1 is 1.19 bits per heavy atom. The van der Waals surface area contributed by atoms with Gasteiger partial charge < -0.3 is 4.74 Å². The van der Waals surface area contributed by atoms with Crippen LogP contribution in [0.1, 0.15) is 38.7 Å². The maximum absolute atomic E-state index is 12.0. The Bertz CT molecular complexity index is 465. The fourth-order valence-corrected chi connectivity index (χ4v) is 2.59. The van der Waals surface area contributed by atoms with E-state index in [1.807, 2.05) is 24.3 Å². The van der Waals surface area contributed by atoms with Gasteiger partial charge in [-0.15, -0.1) is 0 Å². The van der Waals surface area contributed by atoms with Crippen molar-refractivity contribution >= 4 is 27.7 Å². The molecule has 0 bridgehead atoms. The first kappa shape index (κ1) is 17.9. The van der Waals surface area contributed by atoms with Crippen molar-refractivity contribution in [3.8, 4) is 0 Å². The van der Waals surface area contributed by atoms with E-state index in [4.69, 9.17) is 4.74 Å². The first-order valence-corrected chi connectivity index (χ1v) is 8.05. The highest BCUT2D eigenvalue weighted by atomic mass is 79.9. The van der Waals surface area contributed by atoms with Crippen molar-refractivity contribution in [2.24, 2.45) is 11.8 Å². The van der Waals surface area contributed by atoms with Crippen molar-refractivity contribution in [1.29, 1.82) is 0 Å². The van der Waals surface area contributed by atoms with E-state index >= 15 is 0 Å².